The molecule has 1 saturated heterocycles. The molecule has 11 heavy (non-hydrogen) atoms. The molecule has 2 aliphatic rings. The lowest BCUT2D eigenvalue weighted by Gasteiger charge is -2.55. The lowest BCUT2D eigenvalue weighted by atomic mass is 9.58. The third-order valence-electron chi connectivity index (χ3n) is 3.07. The van der Waals surface area contributed by atoms with Crippen LogP contribution in [0.15, 0.2) is 0 Å². The molecular weight excluding hydrogens is 136 g/mol. The van der Waals surface area contributed by atoms with E-state index in [0.717, 1.165) is 11.3 Å². The maximum Gasteiger partial charge on any atom is 0.00204 e. The van der Waals surface area contributed by atoms with Crippen molar-refractivity contribution < 1.29 is 0 Å². The minimum atomic E-state index is 0.765. The number of rotatable bonds is 2. The lowest BCUT2D eigenvalue weighted by Crippen LogP contribution is -2.61. The zero-order valence-electron chi connectivity index (χ0n) is 7.56. The summed E-state index contributed by atoms with van der Waals surface area (Å²) in [5.41, 5.74) is 0.765. The first-order chi connectivity index (χ1) is 5.20. The molecule has 2 fully saturated rings. The molecule has 0 radical (unpaired) electrons. The summed E-state index contributed by atoms with van der Waals surface area (Å²) in [6, 6.07) is 0. The van der Waals surface area contributed by atoms with Gasteiger partial charge in [-0.05, 0) is 38.3 Å². The van der Waals surface area contributed by atoms with Crippen LogP contribution in [-0.2, 0) is 0 Å². The summed E-state index contributed by atoms with van der Waals surface area (Å²) in [6.07, 6.45) is 2.94. The molecule has 0 unspecified atom stereocenters. The van der Waals surface area contributed by atoms with Crippen LogP contribution in [0.2, 0.25) is 0 Å². The summed E-state index contributed by atoms with van der Waals surface area (Å²) in [6.45, 7) is 3.87. The Morgan fingerprint density at radius 2 is 2.00 bits per heavy atom. The van der Waals surface area contributed by atoms with Crippen LogP contribution in [0.3, 0.4) is 0 Å². The molecular formula is C9H18N2. The molecule has 1 aliphatic carbocycles. The summed E-state index contributed by atoms with van der Waals surface area (Å²) in [5.74, 6) is 0.993. The Labute approximate surface area is 69.0 Å². The summed E-state index contributed by atoms with van der Waals surface area (Å²) in [4.78, 5) is 2.31. The third kappa shape index (κ3) is 1.30. The number of nitrogens with zero attached hydrogens (tertiary/aromatic N) is 1. The topological polar surface area (TPSA) is 15.3 Å². The number of hydrogen-bond acceptors (Lipinski definition) is 2. The van der Waals surface area contributed by atoms with E-state index < -0.39 is 0 Å². The molecule has 0 amide bonds. The summed E-state index contributed by atoms with van der Waals surface area (Å²) >= 11 is 0. The highest BCUT2D eigenvalue weighted by Gasteiger charge is 2.47. The molecule has 0 aromatic heterocycles. The van der Waals surface area contributed by atoms with Gasteiger partial charge < -0.3 is 10.2 Å². The zero-order chi connectivity index (χ0) is 7.90. The van der Waals surface area contributed by atoms with Crippen molar-refractivity contribution in [3.63, 3.8) is 0 Å². The molecule has 0 atom stereocenters. The molecule has 0 aromatic carbocycles. The van der Waals surface area contributed by atoms with Crippen LogP contribution in [0.1, 0.15) is 12.8 Å². The van der Waals surface area contributed by atoms with Crippen molar-refractivity contribution in [3.05, 3.63) is 0 Å². The first-order valence-corrected chi connectivity index (χ1v) is 4.56. The Kier molecular flexibility index (Phi) is 1.69. The fraction of sp³-hybridized carbons (Fsp3) is 1.00. The second kappa shape index (κ2) is 2.46. The zero-order valence-corrected chi connectivity index (χ0v) is 7.56. The van der Waals surface area contributed by atoms with Crippen molar-refractivity contribution >= 4 is 0 Å². The lowest BCUT2D eigenvalue weighted by molar-refractivity contribution is -0.00972. The molecule has 1 spiro atoms. The van der Waals surface area contributed by atoms with Gasteiger partial charge in [-0.25, -0.2) is 0 Å². The number of hydrogen-bond donors (Lipinski definition) is 1. The van der Waals surface area contributed by atoms with Crippen LogP contribution in [0.5, 0.6) is 0 Å². The molecule has 1 N–H and O–H groups in total. The minimum Gasteiger partial charge on any atom is -0.316 e. The van der Waals surface area contributed by atoms with Crippen LogP contribution in [0.4, 0.5) is 0 Å². The van der Waals surface area contributed by atoms with Gasteiger partial charge in [0, 0.05) is 19.6 Å². The van der Waals surface area contributed by atoms with Crippen molar-refractivity contribution in [2.75, 3.05) is 33.7 Å². The van der Waals surface area contributed by atoms with E-state index in [4.69, 9.17) is 0 Å². The van der Waals surface area contributed by atoms with Crippen molar-refractivity contribution in [3.8, 4) is 0 Å². The normalized spacial score (nSPS) is 28.6. The second-order valence-electron chi connectivity index (χ2n) is 4.64. The van der Waals surface area contributed by atoms with Crippen molar-refractivity contribution in [1.82, 2.24) is 10.2 Å². The van der Waals surface area contributed by atoms with Gasteiger partial charge in [-0.2, -0.15) is 0 Å². The van der Waals surface area contributed by atoms with E-state index in [2.05, 4.69) is 24.3 Å². The molecule has 1 aliphatic heterocycles. The van der Waals surface area contributed by atoms with Gasteiger partial charge >= 0.3 is 0 Å². The molecule has 64 valence electrons. The van der Waals surface area contributed by atoms with Gasteiger partial charge in [-0.15, -0.1) is 0 Å². The fourth-order valence-corrected chi connectivity index (χ4v) is 2.58. The van der Waals surface area contributed by atoms with Gasteiger partial charge in [0.15, 0.2) is 0 Å². The molecule has 1 heterocycles. The minimum absolute atomic E-state index is 0.765. The van der Waals surface area contributed by atoms with E-state index in [1.165, 1.54) is 32.5 Å². The van der Waals surface area contributed by atoms with Crippen LogP contribution < -0.4 is 5.32 Å². The highest BCUT2D eigenvalue weighted by Crippen LogP contribution is 2.48. The van der Waals surface area contributed by atoms with Gasteiger partial charge in [0.05, 0.1) is 0 Å². The summed E-state index contributed by atoms with van der Waals surface area (Å²) in [5, 5.41) is 3.36. The molecule has 2 heteroatoms. The summed E-state index contributed by atoms with van der Waals surface area (Å²) < 4.78 is 0. The highest BCUT2D eigenvalue weighted by molar-refractivity contribution is 5.02. The Morgan fingerprint density at radius 1 is 1.36 bits per heavy atom. The van der Waals surface area contributed by atoms with Crippen molar-refractivity contribution in [2.45, 2.75) is 12.8 Å². The first kappa shape index (κ1) is 7.56. The van der Waals surface area contributed by atoms with Crippen LogP contribution in [0.25, 0.3) is 0 Å². The molecule has 0 bridgehead atoms. The van der Waals surface area contributed by atoms with E-state index in [-0.39, 0.29) is 0 Å². The molecule has 2 nitrogen and oxygen atoms in total. The first-order valence-electron chi connectivity index (χ1n) is 4.56. The predicted molar refractivity (Wildman–Crippen MR) is 46.6 cm³/mol. The van der Waals surface area contributed by atoms with E-state index in [9.17, 15) is 0 Å². The standard InChI is InChI=1S/C9H18N2/c1-11(2)5-8-3-9(4-8)6-10-7-9/h8,10H,3-7H2,1-2H3. The van der Waals surface area contributed by atoms with E-state index >= 15 is 0 Å². The average Bonchev–Trinajstić information content (AvgIpc) is 1.71. The van der Waals surface area contributed by atoms with Gasteiger partial charge in [-0.3, -0.25) is 0 Å². The van der Waals surface area contributed by atoms with Gasteiger partial charge in [0.1, 0.15) is 0 Å². The SMILES string of the molecule is CN(C)CC1CC2(CNC2)C1. The maximum absolute atomic E-state index is 3.36. The van der Waals surface area contributed by atoms with Crippen LogP contribution in [0, 0.1) is 11.3 Å². The predicted octanol–water partition coefficient (Wildman–Crippen LogP) is 0.548. The van der Waals surface area contributed by atoms with E-state index in [1.54, 1.807) is 0 Å². The van der Waals surface area contributed by atoms with Gasteiger partial charge in [-0.1, -0.05) is 0 Å². The third-order valence-corrected chi connectivity index (χ3v) is 3.07. The van der Waals surface area contributed by atoms with E-state index in [0.29, 0.717) is 0 Å². The average molecular weight is 154 g/mol. The Hall–Kier alpha value is -0.0800. The quantitative estimate of drug-likeness (QED) is 0.625. The Bertz CT molecular complexity index is 142. The smallest absolute Gasteiger partial charge is 0.00204 e. The van der Waals surface area contributed by atoms with Crippen molar-refractivity contribution in [2.24, 2.45) is 11.3 Å². The van der Waals surface area contributed by atoms with E-state index in [1.807, 2.05) is 0 Å². The maximum atomic E-state index is 3.36. The highest BCUT2D eigenvalue weighted by atomic mass is 15.1. The molecule has 1 saturated carbocycles. The molecule has 2 rings (SSSR count). The largest absolute Gasteiger partial charge is 0.316 e. The fourth-order valence-electron chi connectivity index (χ4n) is 2.58. The number of nitrogens with one attached hydrogen (secondary N) is 1. The molecule has 0 aromatic rings. The van der Waals surface area contributed by atoms with Crippen LogP contribution >= 0.6 is 0 Å². The van der Waals surface area contributed by atoms with Crippen molar-refractivity contribution in [1.29, 1.82) is 0 Å². The second-order valence-corrected chi connectivity index (χ2v) is 4.64. The van der Waals surface area contributed by atoms with Gasteiger partial charge in [0.25, 0.3) is 0 Å². The Balaban J connectivity index is 1.71. The summed E-state index contributed by atoms with van der Waals surface area (Å²) in [7, 11) is 4.34. The Morgan fingerprint density at radius 3 is 2.36 bits per heavy atom. The monoisotopic (exact) mass is 154 g/mol. The van der Waals surface area contributed by atoms with Gasteiger partial charge in [0.2, 0.25) is 0 Å². The van der Waals surface area contributed by atoms with Crippen LogP contribution in [-0.4, -0.2) is 38.6 Å².